The van der Waals surface area contributed by atoms with Crippen molar-refractivity contribution in [2.75, 3.05) is 12.4 Å². The fourth-order valence-electron chi connectivity index (χ4n) is 1.68. The summed E-state index contributed by atoms with van der Waals surface area (Å²) in [6.45, 7) is 4.08. The first kappa shape index (κ1) is 12.3. The number of aromatic nitrogens is 3. The van der Waals surface area contributed by atoms with Gasteiger partial charge in [0.25, 0.3) is 0 Å². The lowest BCUT2D eigenvalue weighted by molar-refractivity contribution is 1.00. The standard InChI is InChI=1S/C11H13ClN4S/c1-4-7-6(2)15-10(16-9(7)13-3)11-14-5-8(12)17-11/h5H,4H2,1-3H3,(H,13,15,16). The highest BCUT2D eigenvalue weighted by Crippen LogP contribution is 2.28. The van der Waals surface area contributed by atoms with Crippen molar-refractivity contribution in [2.45, 2.75) is 20.3 Å². The molecule has 0 saturated carbocycles. The molecule has 0 aromatic carbocycles. The molecule has 0 aliphatic rings. The Balaban J connectivity index is 2.53. The van der Waals surface area contributed by atoms with Crippen LogP contribution in [-0.2, 0) is 6.42 Å². The largest absolute Gasteiger partial charge is 0.373 e. The second-order valence-corrected chi connectivity index (χ2v) is 5.19. The van der Waals surface area contributed by atoms with E-state index in [1.54, 1.807) is 6.20 Å². The number of thiazole rings is 1. The van der Waals surface area contributed by atoms with Crippen molar-refractivity contribution in [1.82, 2.24) is 15.0 Å². The zero-order valence-corrected chi connectivity index (χ0v) is 11.5. The molecule has 0 saturated heterocycles. The van der Waals surface area contributed by atoms with Gasteiger partial charge in [0.2, 0.25) is 0 Å². The number of nitrogens with one attached hydrogen (secondary N) is 1. The van der Waals surface area contributed by atoms with Crippen LogP contribution in [0.5, 0.6) is 0 Å². The average molecular weight is 269 g/mol. The van der Waals surface area contributed by atoms with Gasteiger partial charge < -0.3 is 5.32 Å². The molecule has 0 aliphatic carbocycles. The number of nitrogens with zero attached hydrogens (tertiary/aromatic N) is 3. The van der Waals surface area contributed by atoms with Crippen molar-refractivity contribution in [3.8, 4) is 10.8 Å². The molecule has 2 rings (SSSR count). The van der Waals surface area contributed by atoms with Crippen LogP contribution in [0.15, 0.2) is 6.20 Å². The fourth-order valence-corrected chi connectivity index (χ4v) is 2.53. The molecule has 6 heteroatoms. The van der Waals surface area contributed by atoms with Crippen molar-refractivity contribution in [1.29, 1.82) is 0 Å². The molecule has 1 N–H and O–H groups in total. The molecule has 2 heterocycles. The van der Waals surface area contributed by atoms with Gasteiger partial charge in [-0.2, -0.15) is 0 Å². The Kier molecular flexibility index (Phi) is 3.59. The maximum absolute atomic E-state index is 5.87. The Morgan fingerprint density at radius 1 is 1.41 bits per heavy atom. The second kappa shape index (κ2) is 4.98. The molecule has 0 unspecified atom stereocenters. The predicted octanol–water partition coefficient (Wildman–Crippen LogP) is 3.17. The third-order valence-corrected chi connectivity index (χ3v) is 3.58. The van der Waals surface area contributed by atoms with E-state index in [1.807, 2.05) is 14.0 Å². The van der Waals surface area contributed by atoms with E-state index >= 15 is 0 Å². The van der Waals surface area contributed by atoms with E-state index in [2.05, 4.69) is 27.2 Å². The molecule has 0 fully saturated rings. The number of hydrogen-bond acceptors (Lipinski definition) is 5. The summed E-state index contributed by atoms with van der Waals surface area (Å²) in [5, 5.41) is 3.84. The van der Waals surface area contributed by atoms with Gasteiger partial charge in [-0.25, -0.2) is 15.0 Å². The van der Waals surface area contributed by atoms with Gasteiger partial charge in [-0.15, -0.1) is 0 Å². The molecule has 0 bridgehead atoms. The molecule has 0 atom stereocenters. The summed E-state index contributed by atoms with van der Waals surface area (Å²) in [5.41, 5.74) is 2.12. The molecule has 0 aliphatic heterocycles. The lowest BCUT2D eigenvalue weighted by atomic mass is 10.1. The van der Waals surface area contributed by atoms with Crippen molar-refractivity contribution in [2.24, 2.45) is 0 Å². The van der Waals surface area contributed by atoms with Crippen molar-refractivity contribution >= 4 is 28.8 Å². The Hall–Kier alpha value is -1.20. The van der Waals surface area contributed by atoms with E-state index in [-0.39, 0.29) is 0 Å². The molecular weight excluding hydrogens is 256 g/mol. The van der Waals surface area contributed by atoms with Crippen LogP contribution >= 0.6 is 22.9 Å². The van der Waals surface area contributed by atoms with Gasteiger partial charge in [-0.3, -0.25) is 0 Å². The Labute approximate surface area is 109 Å². The minimum Gasteiger partial charge on any atom is -0.373 e. The summed E-state index contributed by atoms with van der Waals surface area (Å²) in [6.07, 6.45) is 2.52. The quantitative estimate of drug-likeness (QED) is 0.929. The fraction of sp³-hybridized carbons (Fsp3) is 0.364. The summed E-state index contributed by atoms with van der Waals surface area (Å²) in [6, 6.07) is 0. The third kappa shape index (κ3) is 2.40. The van der Waals surface area contributed by atoms with Gasteiger partial charge in [0.05, 0.1) is 6.20 Å². The summed E-state index contributed by atoms with van der Waals surface area (Å²) in [4.78, 5) is 13.1. The first-order valence-electron chi connectivity index (χ1n) is 5.32. The maximum Gasteiger partial charge on any atom is 0.190 e. The molecule has 0 spiro atoms. The van der Waals surface area contributed by atoms with Gasteiger partial charge in [-0.1, -0.05) is 29.9 Å². The zero-order valence-electron chi connectivity index (χ0n) is 9.91. The van der Waals surface area contributed by atoms with E-state index in [1.165, 1.54) is 11.3 Å². The Bertz CT molecular complexity index is 538. The molecule has 17 heavy (non-hydrogen) atoms. The van der Waals surface area contributed by atoms with Crippen LogP contribution in [-0.4, -0.2) is 22.0 Å². The summed E-state index contributed by atoms with van der Waals surface area (Å²) in [7, 11) is 1.86. The molecule has 90 valence electrons. The number of rotatable bonds is 3. The molecule has 0 amide bonds. The molecule has 0 radical (unpaired) electrons. The van der Waals surface area contributed by atoms with Crippen molar-refractivity contribution < 1.29 is 0 Å². The zero-order chi connectivity index (χ0) is 12.4. The minimum atomic E-state index is 0.626. The lowest BCUT2D eigenvalue weighted by Gasteiger charge is -2.10. The van der Waals surface area contributed by atoms with Crippen LogP contribution in [0.3, 0.4) is 0 Å². The smallest absolute Gasteiger partial charge is 0.190 e. The van der Waals surface area contributed by atoms with E-state index in [0.717, 1.165) is 28.5 Å². The van der Waals surface area contributed by atoms with Crippen molar-refractivity contribution in [3.63, 3.8) is 0 Å². The monoisotopic (exact) mass is 268 g/mol. The Morgan fingerprint density at radius 2 is 2.18 bits per heavy atom. The predicted molar refractivity (Wildman–Crippen MR) is 71.8 cm³/mol. The topological polar surface area (TPSA) is 50.7 Å². The SMILES string of the molecule is CCc1c(C)nc(-c2ncc(Cl)s2)nc1NC. The Morgan fingerprint density at radius 3 is 2.71 bits per heavy atom. The van der Waals surface area contributed by atoms with Gasteiger partial charge in [-0.05, 0) is 13.3 Å². The van der Waals surface area contributed by atoms with Gasteiger partial charge in [0.15, 0.2) is 10.8 Å². The van der Waals surface area contributed by atoms with Crippen LogP contribution < -0.4 is 5.32 Å². The third-order valence-electron chi connectivity index (χ3n) is 2.47. The number of hydrogen-bond donors (Lipinski definition) is 1. The highest BCUT2D eigenvalue weighted by molar-refractivity contribution is 7.18. The second-order valence-electron chi connectivity index (χ2n) is 3.53. The van der Waals surface area contributed by atoms with E-state index in [9.17, 15) is 0 Å². The summed E-state index contributed by atoms with van der Waals surface area (Å²) >= 11 is 7.25. The van der Waals surface area contributed by atoms with Crippen molar-refractivity contribution in [3.05, 3.63) is 21.8 Å². The number of anilines is 1. The van der Waals surface area contributed by atoms with E-state index < -0.39 is 0 Å². The maximum atomic E-state index is 5.87. The number of aryl methyl sites for hydroxylation is 1. The van der Waals surface area contributed by atoms with Gasteiger partial charge >= 0.3 is 0 Å². The van der Waals surface area contributed by atoms with Crippen LogP contribution in [0.1, 0.15) is 18.2 Å². The van der Waals surface area contributed by atoms with E-state index in [4.69, 9.17) is 11.6 Å². The summed E-state index contributed by atoms with van der Waals surface area (Å²) < 4.78 is 0.645. The first-order valence-corrected chi connectivity index (χ1v) is 6.52. The highest BCUT2D eigenvalue weighted by Gasteiger charge is 2.12. The highest BCUT2D eigenvalue weighted by atomic mass is 35.5. The first-order chi connectivity index (χ1) is 8.15. The lowest BCUT2D eigenvalue weighted by Crippen LogP contribution is -2.04. The van der Waals surface area contributed by atoms with Gasteiger partial charge in [0, 0.05) is 18.3 Å². The summed E-state index contributed by atoms with van der Waals surface area (Å²) in [5.74, 6) is 1.49. The van der Waals surface area contributed by atoms with Gasteiger partial charge in [0.1, 0.15) is 10.2 Å². The molecular formula is C11H13ClN4S. The molecule has 2 aromatic rings. The average Bonchev–Trinajstić information content (AvgIpc) is 2.74. The van der Waals surface area contributed by atoms with E-state index in [0.29, 0.717) is 10.2 Å². The van der Waals surface area contributed by atoms with Crippen LogP contribution in [0, 0.1) is 6.92 Å². The molecule has 4 nitrogen and oxygen atoms in total. The van der Waals surface area contributed by atoms with Crippen LogP contribution in [0.2, 0.25) is 4.34 Å². The minimum absolute atomic E-state index is 0.626. The normalized spacial score (nSPS) is 10.6. The van der Waals surface area contributed by atoms with Crippen LogP contribution in [0.4, 0.5) is 5.82 Å². The van der Waals surface area contributed by atoms with Crippen LogP contribution in [0.25, 0.3) is 10.8 Å². The molecule has 2 aromatic heterocycles. The number of halogens is 1.